The topological polar surface area (TPSA) is 27.4 Å². The van der Waals surface area contributed by atoms with Crippen molar-refractivity contribution in [3.05, 3.63) is 45.6 Å². The van der Waals surface area contributed by atoms with Crippen molar-refractivity contribution in [3.8, 4) is 6.07 Å². The van der Waals surface area contributed by atoms with Gasteiger partial charge in [0.15, 0.2) is 5.56 Å². The van der Waals surface area contributed by atoms with E-state index in [9.17, 15) is 14.0 Å². The van der Waals surface area contributed by atoms with Crippen molar-refractivity contribution in [3.63, 3.8) is 0 Å². The van der Waals surface area contributed by atoms with E-state index in [1.807, 2.05) is 0 Å². The first-order valence-corrected chi connectivity index (χ1v) is 2.78. The van der Waals surface area contributed by atoms with Crippen LogP contribution in [0.25, 0.3) is 5.01 Å². The molecule has 0 fully saturated rings. The third-order valence-electron chi connectivity index (χ3n) is 1.12. The molecule has 1 aromatic carbocycles. The van der Waals surface area contributed by atoms with Crippen molar-refractivity contribution in [2.45, 2.75) is 0 Å². The van der Waals surface area contributed by atoms with Gasteiger partial charge < -0.3 is 5.21 Å². The van der Waals surface area contributed by atoms with Gasteiger partial charge in [0.25, 0.3) is 0 Å². The normalized spacial score (nSPS) is 8.55. The summed E-state index contributed by atoms with van der Waals surface area (Å²) in [6.45, 7) is 0. The lowest BCUT2D eigenvalue weighted by molar-refractivity contribution is 0.577. The van der Waals surface area contributed by atoms with Crippen molar-refractivity contribution in [1.82, 2.24) is 0 Å². The van der Waals surface area contributed by atoms with Crippen LogP contribution in [-0.2, 0) is 0 Å². The predicted octanol–water partition coefficient (Wildman–Crippen LogP) is 2.14. The van der Waals surface area contributed by atoms with Gasteiger partial charge in [-0.2, -0.15) is 0 Å². The van der Waals surface area contributed by atoms with Gasteiger partial charge in [0.2, 0.25) is 0 Å². The highest BCUT2D eigenvalue weighted by Crippen LogP contribution is 2.09. The van der Waals surface area contributed by atoms with Crippen LogP contribution in [0.3, 0.4) is 0 Å². The maximum atomic E-state index is 12.5. The number of nitrogens with zero attached hydrogens (tertiary/aromatic N) is 1. The van der Waals surface area contributed by atoms with Gasteiger partial charge in [-0.1, -0.05) is 6.07 Å². The molecule has 0 aliphatic rings. The molecule has 0 bridgehead atoms. The minimum atomic E-state index is -0.843. The van der Waals surface area contributed by atoms with E-state index in [1.165, 1.54) is 6.07 Å². The summed E-state index contributed by atoms with van der Waals surface area (Å²) in [6, 6.07) is 4.91. The van der Waals surface area contributed by atoms with E-state index in [1.54, 1.807) is 6.07 Å². The summed E-state index contributed by atoms with van der Waals surface area (Å²) >= 11 is 0. The quantitative estimate of drug-likeness (QED) is 0.527. The summed E-state index contributed by atoms with van der Waals surface area (Å²) in [5.41, 5.74) is -0.525. The van der Waals surface area contributed by atoms with Gasteiger partial charge >= 0.3 is 6.07 Å². The van der Waals surface area contributed by atoms with Crippen LogP contribution < -0.4 is 0 Å². The van der Waals surface area contributed by atoms with Crippen LogP contribution in [0, 0.1) is 22.9 Å². The molecule has 1 aromatic rings. The number of hydrogen-bond donors (Lipinski definition) is 0. The largest absolute Gasteiger partial charge is 0.498 e. The Hall–Kier alpha value is -1.63. The van der Waals surface area contributed by atoms with Crippen molar-refractivity contribution < 1.29 is 8.78 Å². The second-order valence-electron chi connectivity index (χ2n) is 1.80. The Morgan fingerprint density at radius 2 is 1.82 bits per heavy atom. The van der Waals surface area contributed by atoms with E-state index in [-0.39, 0.29) is 0 Å². The van der Waals surface area contributed by atoms with Gasteiger partial charge in [-0.3, -0.25) is 0 Å². The molecule has 0 aromatic heterocycles. The molecule has 1 rings (SSSR count). The lowest BCUT2D eigenvalue weighted by atomic mass is 10.2. The molecule has 4 heteroatoms. The monoisotopic (exact) mass is 155 g/mol. The van der Waals surface area contributed by atoms with E-state index < -0.39 is 17.2 Å². The number of halogens is 2. The molecule has 56 valence electrons. The van der Waals surface area contributed by atoms with Crippen molar-refractivity contribution >= 4 is 0 Å². The minimum Gasteiger partial charge on any atom is -0.498 e. The smallest absolute Gasteiger partial charge is 0.342 e. The van der Waals surface area contributed by atoms with Gasteiger partial charge in [-0.15, -0.1) is 0 Å². The molecule has 0 atom stereocenters. The molecule has 0 amide bonds. The Morgan fingerprint density at radius 1 is 1.27 bits per heavy atom. The molecule has 0 saturated carbocycles. The number of hydrogen-bond acceptors (Lipinski definition) is 1. The fraction of sp³-hybridized carbons (Fsp3) is 0. The van der Waals surface area contributed by atoms with Crippen molar-refractivity contribution in [2.24, 2.45) is 0 Å². The SMILES string of the molecule is [O-][N+]#Cc1c(F)cccc1F. The second kappa shape index (κ2) is 2.97. The lowest BCUT2D eigenvalue weighted by Gasteiger charge is -1.89. The fourth-order valence-electron chi connectivity index (χ4n) is 0.650. The Morgan fingerprint density at radius 3 is 2.27 bits per heavy atom. The van der Waals surface area contributed by atoms with Crippen molar-refractivity contribution in [1.29, 1.82) is 0 Å². The van der Waals surface area contributed by atoms with E-state index in [0.29, 0.717) is 0 Å². The average Bonchev–Trinajstić information content (AvgIpc) is 1.97. The van der Waals surface area contributed by atoms with Gasteiger partial charge in [-0.05, 0) is 12.1 Å². The molecular formula is C7H3F2NO. The zero-order chi connectivity index (χ0) is 8.27. The molecule has 0 aliphatic heterocycles. The van der Waals surface area contributed by atoms with Crippen LogP contribution in [0.2, 0.25) is 0 Å². The Kier molecular flexibility index (Phi) is 2.02. The van der Waals surface area contributed by atoms with Crippen LogP contribution in [0.5, 0.6) is 0 Å². The molecule has 11 heavy (non-hydrogen) atoms. The molecule has 0 saturated heterocycles. The van der Waals surface area contributed by atoms with Crippen molar-refractivity contribution in [2.75, 3.05) is 0 Å². The van der Waals surface area contributed by atoms with E-state index in [4.69, 9.17) is 0 Å². The first kappa shape index (κ1) is 7.48. The van der Waals surface area contributed by atoms with E-state index in [2.05, 4.69) is 5.01 Å². The molecule has 0 spiro atoms. The third-order valence-corrected chi connectivity index (χ3v) is 1.12. The number of benzene rings is 1. The summed E-state index contributed by atoms with van der Waals surface area (Å²) in [4.78, 5) is 0. The number of rotatable bonds is 0. The molecule has 0 unspecified atom stereocenters. The standard InChI is InChI=1S/C7H3F2NO/c8-6-2-1-3-7(9)5(6)4-10-11/h1-3H. The molecule has 0 N–H and O–H groups in total. The lowest BCUT2D eigenvalue weighted by Crippen LogP contribution is -1.87. The van der Waals surface area contributed by atoms with Crippen LogP contribution in [0.15, 0.2) is 18.2 Å². The maximum absolute atomic E-state index is 12.5. The zero-order valence-electron chi connectivity index (χ0n) is 5.34. The average molecular weight is 155 g/mol. The van der Waals surface area contributed by atoms with Gasteiger partial charge in [0, 0.05) is 5.01 Å². The van der Waals surface area contributed by atoms with Crippen LogP contribution in [-0.4, -0.2) is 0 Å². The fourth-order valence-corrected chi connectivity index (χ4v) is 0.650. The summed E-state index contributed by atoms with van der Waals surface area (Å²) in [5.74, 6) is -1.69. The predicted molar refractivity (Wildman–Crippen MR) is 36.1 cm³/mol. The van der Waals surface area contributed by atoms with E-state index in [0.717, 1.165) is 12.1 Å². The molecule has 2 nitrogen and oxygen atoms in total. The maximum Gasteiger partial charge on any atom is 0.342 e. The van der Waals surface area contributed by atoms with Gasteiger partial charge in [0.1, 0.15) is 11.6 Å². The molecule has 0 heterocycles. The minimum absolute atomic E-state index is 0.525. The summed E-state index contributed by atoms with van der Waals surface area (Å²) in [6.07, 6.45) is 0. The van der Waals surface area contributed by atoms with Crippen LogP contribution >= 0.6 is 0 Å². The second-order valence-corrected chi connectivity index (χ2v) is 1.80. The zero-order valence-corrected chi connectivity index (χ0v) is 5.34. The Balaban J connectivity index is 3.28. The summed E-state index contributed by atoms with van der Waals surface area (Å²) in [5, 5.41) is 11.7. The van der Waals surface area contributed by atoms with Crippen LogP contribution in [0.4, 0.5) is 8.78 Å². The molecule has 0 aliphatic carbocycles. The van der Waals surface area contributed by atoms with E-state index >= 15 is 0 Å². The summed E-state index contributed by atoms with van der Waals surface area (Å²) in [7, 11) is 0. The highest BCUT2D eigenvalue weighted by molar-refractivity contribution is 5.34. The third kappa shape index (κ3) is 1.44. The first-order chi connectivity index (χ1) is 5.25. The molecule has 0 radical (unpaired) electrons. The Bertz CT molecular complexity index is 307. The van der Waals surface area contributed by atoms with Gasteiger partial charge in [0.05, 0.1) is 0 Å². The summed E-state index contributed by atoms with van der Waals surface area (Å²) < 4.78 is 25.1. The highest BCUT2D eigenvalue weighted by atomic mass is 19.1. The Labute approximate surface area is 61.5 Å². The van der Waals surface area contributed by atoms with Gasteiger partial charge in [-0.25, -0.2) is 8.78 Å². The first-order valence-electron chi connectivity index (χ1n) is 2.78. The highest BCUT2D eigenvalue weighted by Gasteiger charge is 2.09. The molecular weight excluding hydrogens is 152 g/mol. The van der Waals surface area contributed by atoms with Crippen LogP contribution in [0.1, 0.15) is 5.56 Å².